The van der Waals surface area contributed by atoms with Crippen LogP contribution in [0.4, 0.5) is 5.69 Å². The Morgan fingerprint density at radius 2 is 1.97 bits per heavy atom. The van der Waals surface area contributed by atoms with E-state index in [0.717, 1.165) is 35.5 Å². The molecule has 5 nitrogen and oxygen atoms in total. The molecule has 31 heavy (non-hydrogen) atoms. The van der Waals surface area contributed by atoms with Crippen molar-refractivity contribution in [1.29, 1.82) is 0 Å². The molecular weight excluding hydrogens is 408 g/mol. The van der Waals surface area contributed by atoms with E-state index in [1.807, 2.05) is 61.5 Å². The Morgan fingerprint density at radius 3 is 2.71 bits per heavy atom. The number of ether oxygens (including phenoxy) is 2. The van der Waals surface area contributed by atoms with Gasteiger partial charge in [-0.2, -0.15) is 0 Å². The molecule has 3 heterocycles. The number of ketones is 1. The second kappa shape index (κ2) is 8.21. The zero-order valence-electron chi connectivity index (χ0n) is 17.6. The summed E-state index contributed by atoms with van der Waals surface area (Å²) in [5.74, 6) is 1.72. The van der Waals surface area contributed by atoms with E-state index in [2.05, 4.69) is 22.4 Å². The average molecular weight is 433 g/mol. The second-order valence-corrected chi connectivity index (χ2v) is 9.03. The summed E-state index contributed by atoms with van der Waals surface area (Å²) in [6.45, 7) is 2.16. The van der Waals surface area contributed by atoms with Gasteiger partial charge < -0.3 is 14.4 Å². The molecule has 0 unspecified atom stereocenters. The fraction of sp³-hybridized carbons (Fsp3) is 0.240. The lowest BCUT2D eigenvalue weighted by molar-refractivity contribution is 0.0951. The van der Waals surface area contributed by atoms with Gasteiger partial charge in [0, 0.05) is 37.7 Å². The molecule has 2 aliphatic heterocycles. The number of carbonyl (C=O) groups excluding carboxylic acids is 1. The van der Waals surface area contributed by atoms with Crippen LogP contribution in [0.15, 0.2) is 59.7 Å². The first-order valence-corrected chi connectivity index (χ1v) is 11.2. The van der Waals surface area contributed by atoms with Gasteiger partial charge in [0.2, 0.25) is 5.78 Å². The molecule has 0 fully saturated rings. The number of nitrogens with zero attached hydrogens (tertiary/aromatic N) is 2. The summed E-state index contributed by atoms with van der Waals surface area (Å²) in [4.78, 5) is 18.6. The van der Waals surface area contributed by atoms with Crippen LogP contribution in [0, 0.1) is 0 Å². The van der Waals surface area contributed by atoms with E-state index in [9.17, 15) is 4.79 Å². The van der Waals surface area contributed by atoms with Crippen LogP contribution in [0.5, 0.6) is 11.5 Å². The van der Waals surface area contributed by atoms with Gasteiger partial charge in [0.25, 0.3) is 0 Å². The number of thiophene rings is 1. The van der Waals surface area contributed by atoms with Crippen LogP contribution < -0.4 is 14.4 Å². The first-order chi connectivity index (χ1) is 15.1. The van der Waals surface area contributed by atoms with Crippen molar-refractivity contribution in [3.05, 3.63) is 81.2 Å². The van der Waals surface area contributed by atoms with Gasteiger partial charge in [-0.15, -0.1) is 11.3 Å². The summed E-state index contributed by atoms with van der Waals surface area (Å²) in [7, 11) is 4.01. The summed E-state index contributed by atoms with van der Waals surface area (Å²) in [6, 6.07) is 16.0. The van der Waals surface area contributed by atoms with Crippen LogP contribution in [0.2, 0.25) is 0 Å². The molecule has 0 N–H and O–H groups in total. The molecule has 6 heteroatoms. The number of benzene rings is 2. The summed E-state index contributed by atoms with van der Waals surface area (Å²) in [5, 5.41) is 2.10. The minimum absolute atomic E-state index is 0.0785. The molecule has 0 saturated carbocycles. The number of Topliss-reactive ketones (excluding diaryl/α,β-unsaturated/α-hetero) is 1. The van der Waals surface area contributed by atoms with E-state index < -0.39 is 0 Å². The van der Waals surface area contributed by atoms with Crippen molar-refractivity contribution in [2.24, 2.45) is 0 Å². The summed E-state index contributed by atoms with van der Waals surface area (Å²) in [6.07, 6.45) is 2.80. The second-order valence-electron chi connectivity index (χ2n) is 8.00. The van der Waals surface area contributed by atoms with Gasteiger partial charge in [-0.05, 0) is 53.8 Å². The molecule has 0 aliphatic carbocycles. The molecule has 2 aromatic carbocycles. The Kier molecular flexibility index (Phi) is 5.26. The van der Waals surface area contributed by atoms with E-state index in [0.29, 0.717) is 30.3 Å². The predicted molar refractivity (Wildman–Crippen MR) is 124 cm³/mol. The number of hydrogen-bond acceptors (Lipinski definition) is 6. The number of carbonyl (C=O) groups is 1. The van der Waals surface area contributed by atoms with Gasteiger partial charge in [-0.25, -0.2) is 0 Å². The molecule has 158 valence electrons. The van der Waals surface area contributed by atoms with Crippen LogP contribution in [-0.2, 0) is 13.0 Å². The highest BCUT2D eigenvalue weighted by molar-refractivity contribution is 7.09. The molecule has 0 spiro atoms. The Morgan fingerprint density at radius 1 is 1.13 bits per heavy atom. The van der Waals surface area contributed by atoms with E-state index in [1.54, 1.807) is 11.3 Å². The normalized spacial score (nSPS) is 16.6. The zero-order chi connectivity index (χ0) is 21.4. The average Bonchev–Trinajstić information content (AvgIpc) is 3.41. The van der Waals surface area contributed by atoms with Gasteiger partial charge in [0.1, 0.15) is 18.2 Å². The summed E-state index contributed by atoms with van der Waals surface area (Å²) < 4.78 is 12.1. The van der Waals surface area contributed by atoms with Crippen molar-refractivity contribution < 1.29 is 14.3 Å². The molecule has 5 rings (SSSR count). The van der Waals surface area contributed by atoms with E-state index in [4.69, 9.17) is 9.47 Å². The highest BCUT2D eigenvalue weighted by atomic mass is 32.1. The summed E-state index contributed by atoms with van der Waals surface area (Å²) in [5.41, 5.74) is 3.61. The molecule has 3 aromatic rings. The first kappa shape index (κ1) is 19.8. The fourth-order valence-corrected chi connectivity index (χ4v) is 4.59. The minimum Gasteiger partial charge on any atom is -0.478 e. The van der Waals surface area contributed by atoms with Gasteiger partial charge in [0.15, 0.2) is 5.76 Å². The predicted octanol–water partition coefficient (Wildman–Crippen LogP) is 4.82. The maximum absolute atomic E-state index is 13.0. The topological polar surface area (TPSA) is 42.0 Å². The first-order valence-electron chi connectivity index (χ1n) is 10.3. The van der Waals surface area contributed by atoms with Crippen LogP contribution in [0.3, 0.4) is 0 Å². The zero-order valence-corrected chi connectivity index (χ0v) is 18.4. The minimum atomic E-state index is -0.0785. The lowest BCUT2D eigenvalue weighted by Crippen LogP contribution is -2.33. The van der Waals surface area contributed by atoms with Crippen molar-refractivity contribution in [2.75, 3.05) is 32.3 Å². The SMILES string of the molecule is CN(C)c1ccc(/C=C2\Oc3c(ccc4c3CN(CCc3cccs3)CO4)C2=O)cc1. The van der Waals surface area contributed by atoms with Crippen molar-refractivity contribution in [3.63, 3.8) is 0 Å². The molecule has 0 amide bonds. The Bertz CT molecular complexity index is 1130. The third-order valence-electron chi connectivity index (χ3n) is 5.64. The maximum atomic E-state index is 13.0. The Hall–Kier alpha value is -3.09. The lowest BCUT2D eigenvalue weighted by atomic mass is 10.0. The van der Waals surface area contributed by atoms with Gasteiger partial charge >= 0.3 is 0 Å². The van der Waals surface area contributed by atoms with Crippen molar-refractivity contribution in [1.82, 2.24) is 4.90 Å². The molecule has 2 aliphatic rings. The third-order valence-corrected chi connectivity index (χ3v) is 6.58. The highest BCUT2D eigenvalue weighted by Crippen LogP contribution is 2.42. The number of allylic oxidation sites excluding steroid dienone is 1. The molecule has 0 saturated heterocycles. The van der Waals surface area contributed by atoms with Crippen molar-refractivity contribution in [2.45, 2.75) is 13.0 Å². The monoisotopic (exact) mass is 432 g/mol. The van der Waals surface area contributed by atoms with Gasteiger partial charge in [0.05, 0.1) is 11.1 Å². The standard InChI is InChI=1S/C25H24N2O3S/c1-26(2)18-7-5-17(6-8-18)14-23-24(28)20-9-10-22-21(25(20)30-23)15-27(16-29-22)12-11-19-4-3-13-31-19/h3-10,13-14H,11-12,15-16H2,1-2H3/b23-14-. The largest absolute Gasteiger partial charge is 0.478 e. The maximum Gasteiger partial charge on any atom is 0.231 e. The third kappa shape index (κ3) is 3.96. The molecular formula is C25H24N2O3S. The van der Waals surface area contributed by atoms with Gasteiger partial charge in [-0.3, -0.25) is 9.69 Å². The van der Waals surface area contributed by atoms with Crippen LogP contribution in [-0.4, -0.2) is 38.1 Å². The van der Waals surface area contributed by atoms with Crippen LogP contribution >= 0.6 is 11.3 Å². The van der Waals surface area contributed by atoms with Crippen LogP contribution in [0.1, 0.15) is 26.4 Å². The molecule has 0 bridgehead atoms. The molecule has 0 atom stereocenters. The van der Waals surface area contributed by atoms with Crippen LogP contribution in [0.25, 0.3) is 6.08 Å². The molecule has 1 aromatic heterocycles. The number of rotatable bonds is 5. The van der Waals surface area contributed by atoms with Crippen molar-refractivity contribution >= 4 is 28.9 Å². The number of hydrogen-bond donors (Lipinski definition) is 0. The Balaban J connectivity index is 1.36. The molecule has 0 radical (unpaired) electrons. The van der Waals surface area contributed by atoms with Crippen molar-refractivity contribution in [3.8, 4) is 11.5 Å². The van der Waals surface area contributed by atoms with E-state index in [1.165, 1.54) is 4.88 Å². The quantitative estimate of drug-likeness (QED) is 0.541. The smallest absolute Gasteiger partial charge is 0.231 e. The fourth-order valence-electron chi connectivity index (χ4n) is 3.89. The van der Waals surface area contributed by atoms with E-state index in [-0.39, 0.29) is 5.78 Å². The lowest BCUT2D eigenvalue weighted by Gasteiger charge is -2.29. The van der Waals surface area contributed by atoms with E-state index >= 15 is 0 Å². The highest BCUT2D eigenvalue weighted by Gasteiger charge is 2.33. The number of anilines is 1. The Labute approximate surface area is 186 Å². The summed E-state index contributed by atoms with van der Waals surface area (Å²) >= 11 is 1.77. The van der Waals surface area contributed by atoms with Gasteiger partial charge in [-0.1, -0.05) is 18.2 Å². The number of fused-ring (bicyclic) bond motifs is 3.